The summed E-state index contributed by atoms with van der Waals surface area (Å²) in [7, 11) is 0. The van der Waals surface area contributed by atoms with E-state index >= 15 is 0 Å². The molecule has 0 aliphatic carbocycles. The first-order chi connectivity index (χ1) is 9.24. The Morgan fingerprint density at radius 1 is 1.42 bits per heavy atom. The molecule has 1 amide bonds. The van der Waals surface area contributed by atoms with Gasteiger partial charge in [-0.3, -0.25) is 9.89 Å². The third-order valence-corrected chi connectivity index (χ3v) is 2.74. The number of halogens is 1. The molecule has 2 N–H and O–H groups in total. The van der Waals surface area contributed by atoms with Crippen LogP contribution in [0, 0.1) is 5.82 Å². The van der Waals surface area contributed by atoms with E-state index in [2.05, 4.69) is 15.5 Å². The fraction of sp³-hybridized carbons (Fsp3) is 0.0769. The molecule has 0 aliphatic heterocycles. The second-order valence-electron chi connectivity index (χ2n) is 4.02. The first-order valence-electron chi connectivity index (χ1n) is 5.68. The van der Waals surface area contributed by atoms with Crippen LogP contribution in [0.5, 0.6) is 0 Å². The molecule has 1 aromatic carbocycles. The lowest BCUT2D eigenvalue weighted by Gasteiger charge is -2.00. The molecule has 0 unspecified atom stereocenters. The minimum atomic E-state index is -0.408. The summed E-state index contributed by atoms with van der Waals surface area (Å²) in [5.41, 5.74) is 0.783. The smallest absolute Gasteiger partial charge is 0.272 e. The van der Waals surface area contributed by atoms with Gasteiger partial charge in [0.05, 0.1) is 18.3 Å². The molecule has 0 atom stereocenters. The number of aromatic amines is 1. The first kappa shape index (κ1) is 11.5. The molecule has 2 heterocycles. The van der Waals surface area contributed by atoms with Gasteiger partial charge in [-0.05, 0) is 30.3 Å². The van der Waals surface area contributed by atoms with Crippen LogP contribution in [-0.2, 0) is 6.54 Å². The summed E-state index contributed by atoms with van der Waals surface area (Å²) in [5, 5.41) is 9.71. The average Bonchev–Trinajstić information content (AvgIpc) is 3.04. The van der Waals surface area contributed by atoms with Crippen LogP contribution >= 0.6 is 0 Å². The molecule has 19 heavy (non-hydrogen) atoms. The Bertz CT molecular complexity index is 719. The van der Waals surface area contributed by atoms with Crippen LogP contribution in [0.25, 0.3) is 10.9 Å². The predicted octanol–water partition coefficient (Wildman–Crippen LogP) is 2.22. The quantitative estimate of drug-likeness (QED) is 0.757. The number of rotatable bonds is 3. The minimum Gasteiger partial charge on any atom is -0.467 e. The van der Waals surface area contributed by atoms with E-state index in [9.17, 15) is 9.18 Å². The number of amides is 1. The molecule has 0 radical (unpaired) electrons. The van der Waals surface area contributed by atoms with Crippen molar-refractivity contribution in [1.29, 1.82) is 0 Å². The van der Waals surface area contributed by atoms with Gasteiger partial charge in [-0.25, -0.2) is 4.39 Å². The van der Waals surface area contributed by atoms with Crippen molar-refractivity contribution in [3.8, 4) is 0 Å². The molecule has 0 aliphatic rings. The van der Waals surface area contributed by atoms with Crippen molar-refractivity contribution < 1.29 is 13.6 Å². The zero-order valence-electron chi connectivity index (χ0n) is 9.81. The summed E-state index contributed by atoms with van der Waals surface area (Å²) in [6, 6.07) is 7.62. The number of H-pyrrole nitrogens is 1. The third-order valence-electron chi connectivity index (χ3n) is 2.74. The van der Waals surface area contributed by atoms with E-state index in [1.165, 1.54) is 18.4 Å². The number of furan rings is 1. The van der Waals surface area contributed by atoms with Crippen molar-refractivity contribution in [1.82, 2.24) is 15.5 Å². The number of hydrogen-bond acceptors (Lipinski definition) is 3. The molecule has 0 fully saturated rings. The number of fused-ring (bicyclic) bond motifs is 1. The van der Waals surface area contributed by atoms with Gasteiger partial charge in [-0.2, -0.15) is 5.10 Å². The van der Waals surface area contributed by atoms with Crippen molar-refractivity contribution in [2.24, 2.45) is 0 Å². The molecule has 96 valence electrons. The Labute approximate surface area is 107 Å². The SMILES string of the molecule is O=C(NCc1ccco1)c1n[nH]c2ccc(F)cc12. The Kier molecular flexibility index (Phi) is 2.75. The normalized spacial score (nSPS) is 10.8. The standard InChI is InChI=1S/C13H10FN3O2/c14-8-3-4-11-10(6-8)12(17-16-11)13(18)15-7-9-2-1-5-19-9/h1-6H,7H2,(H,15,18)(H,16,17). The maximum absolute atomic E-state index is 13.2. The molecule has 5 nitrogen and oxygen atoms in total. The van der Waals surface area contributed by atoms with Crippen molar-refractivity contribution in [2.75, 3.05) is 0 Å². The summed E-state index contributed by atoms with van der Waals surface area (Å²) in [6.45, 7) is 0.259. The number of carbonyl (C=O) groups excluding carboxylic acids is 1. The Hall–Kier alpha value is -2.63. The van der Waals surface area contributed by atoms with Crippen molar-refractivity contribution in [3.05, 3.63) is 53.9 Å². The fourth-order valence-corrected chi connectivity index (χ4v) is 1.82. The predicted molar refractivity (Wildman–Crippen MR) is 65.9 cm³/mol. The van der Waals surface area contributed by atoms with Gasteiger partial charge in [0, 0.05) is 5.39 Å². The molecule has 2 aromatic heterocycles. The van der Waals surface area contributed by atoms with E-state index in [4.69, 9.17) is 4.42 Å². The first-order valence-corrected chi connectivity index (χ1v) is 5.68. The third kappa shape index (κ3) is 2.20. The summed E-state index contributed by atoms with van der Waals surface area (Å²) >= 11 is 0. The lowest BCUT2D eigenvalue weighted by atomic mass is 10.2. The number of benzene rings is 1. The van der Waals surface area contributed by atoms with Crippen molar-refractivity contribution >= 4 is 16.8 Å². The highest BCUT2D eigenvalue weighted by molar-refractivity contribution is 6.04. The molecule has 6 heteroatoms. The van der Waals surface area contributed by atoms with Gasteiger partial charge in [0.15, 0.2) is 5.69 Å². The van der Waals surface area contributed by atoms with E-state index in [0.29, 0.717) is 16.7 Å². The van der Waals surface area contributed by atoms with Gasteiger partial charge in [-0.15, -0.1) is 0 Å². The highest BCUT2D eigenvalue weighted by Gasteiger charge is 2.14. The van der Waals surface area contributed by atoms with E-state index < -0.39 is 5.82 Å². The molecule has 0 bridgehead atoms. The van der Waals surface area contributed by atoms with Crippen LogP contribution in [0.2, 0.25) is 0 Å². The van der Waals surface area contributed by atoms with E-state index in [1.807, 2.05) is 0 Å². The topological polar surface area (TPSA) is 70.9 Å². The lowest BCUT2D eigenvalue weighted by Crippen LogP contribution is -2.23. The summed E-state index contributed by atoms with van der Waals surface area (Å²) in [6.07, 6.45) is 1.53. The number of aromatic nitrogens is 2. The zero-order chi connectivity index (χ0) is 13.2. The average molecular weight is 259 g/mol. The van der Waals surface area contributed by atoms with E-state index in [-0.39, 0.29) is 18.1 Å². The monoisotopic (exact) mass is 259 g/mol. The molecule has 0 saturated heterocycles. The summed E-state index contributed by atoms with van der Waals surface area (Å²) in [4.78, 5) is 12.0. The van der Waals surface area contributed by atoms with Crippen LogP contribution < -0.4 is 5.32 Å². The fourth-order valence-electron chi connectivity index (χ4n) is 1.82. The molecular formula is C13H10FN3O2. The Balaban J connectivity index is 1.83. The molecule has 3 rings (SSSR count). The van der Waals surface area contributed by atoms with Crippen LogP contribution in [0.3, 0.4) is 0 Å². The van der Waals surface area contributed by atoms with Gasteiger partial charge >= 0.3 is 0 Å². The van der Waals surface area contributed by atoms with Crippen LogP contribution in [0.4, 0.5) is 4.39 Å². The number of nitrogens with one attached hydrogen (secondary N) is 2. The second kappa shape index (κ2) is 4.56. The van der Waals surface area contributed by atoms with E-state index in [0.717, 1.165) is 0 Å². The zero-order valence-corrected chi connectivity index (χ0v) is 9.81. The van der Waals surface area contributed by atoms with E-state index in [1.54, 1.807) is 18.2 Å². The largest absolute Gasteiger partial charge is 0.467 e. The number of nitrogens with zero attached hydrogens (tertiary/aromatic N) is 1. The van der Waals surface area contributed by atoms with Gasteiger partial charge in [0.25, 0.3) is 5.91 Å². The van der Waals surface area contributed by atoms with Crippen molar-refractivity contribution in [2.45, 2.75) is 6.54 Å². The highest BCUT2D eigenvalue weighted by atomic mass is 19.1. The maximum atomic E-state index is 13.2. The van der Waals surface area contributed by atoms with Crippen molar-refractivity contribution in [3.63, 3.8) is 0 Å². The Morgan fingerprint density at radius 3 is 3.11 bits per heavy atom. The van der Waals surface area contributed by atoms with Gasteiger partial charge < -0.3 is 9.73 Å². The highest BCUT2D eigenvalue weighted by Crippen LogP contribution is 2.17. The maximum Gasteiger partial charge on any atom is 0.272 e. The summed E-state index contributed by atoms with van der Waals surface area (Å²) in [5.74, 6) is -0.151. The molecule has 0 saturated carbocycles. The number of hydrogen-bond donors (Lipinski definition) is 2. The van der Waals surface area contributed by atoms with Crippen LogP contribution in [0.15, 0.2) is 41.0 Å². The molecule has 0 spiro atoms. The Morgan fingerprint density at radius 2 is 2.32 bits per heavy atom. The summed E-state index contributed by atoms with van der Waals surface area (Å²) < 4.78 is 18.3. The second-order valence-corrected chi connectivity index (χ2v) is 4.02. The number of carbonyl (C=O) groups is 1. The van der Waals surface area contributed by atoms with Gasteiger partial charge in [-0.1, -0.05) is 0 Å². The van der Waals surface area contributed by atoms with Gasteiger partial charge in [0.2, 0.25) is 0 Å². The molecular weight excluding hydrogens is 249 g/mol. The van der Waals surface area contributed by atoms with Gasteiger partial charge in [0.1, 0.15) is 11.6 Å². The molecule has 3 aromatic rings. The van der Waals surface area contributed by atoms with Crippen LogP contribution in [-0.4, -0.2) is 16.1 Å². The lowest BCUT2D eigenvalue weighted by molar-refractivity contribution is 0.0944. The minimum absolute atomic E-state index is 0.168. The van der Waals surface area contributed by atoms with Crippen LogP contribution in [0.1, 0.15) is 16.2 Å².